The van der Waals surface area contributed by atoms with Gasteiger partial charge in [-0.2, -0.15) is 0 Å². The molecule has 0 spiro atoms. The van der Waals surface area contributed by atoms with Gasteiger partial charge in [-0.1, -0.05) is 19.4 Å². The quantitative estimate of drug-likeness (QED) is 0.352. The van der Waals surface area contributed by atoms with Crippen LogP contribution in [0.15, 0.2) is 11.6 Å². The van der Waals surface area contributed by atoms with Gasteiger partial charge in [0.25, 0.3) is 0 Å². The summed E-state index contributed by atoms with van der Waals surface area (Å²) in [4.78, 5) is 13.2. The van der Waals surface area contributed by atoms with Crippen LogP contribution in [-0.4, -0.2) is 72.0 Å². The van der Waals surface area contributed by atoms with Crippen molar-refractivity contribution in [3.05, 3.63) is 11.6 Å². The molecule has 4 rings (SSSR count). The zero-order valence-electron chi connectivity index (χ0n) is 21.2. The Morgan fingerprint density at radius 2 is 1.59 bits per heavy atom. The SMILES string of the molecule is CC(C)(O)CC(O)C(O)C(C)(O)C1CCC2C3=CC(=O)C4CC(O)C(O)CC4(C)C3CCC21C. The number of aliphatic hydroxyl groups excluding tert-OH is 4. The van der Waals surface area contributed by atoms with Gasteiger partial charge in [0, 0.05) is 12.3 Å². The van der Waals surface area contributed by atoms with Crippen molar-refractivity contribution < 1.29 is 35.4 Å². The Kier molecular flexibility index (Phi) is 6.45. The molecule has 11 unspecified atom stereocenters. The first kappa shape index (κ1) is 26.2. The van der Waals surface area contributed by atoms with Gasteiger partial charge in [-0.3, -0.25) is 4.79 Å². The Morgan fingerprint density at radius 3 is 2.21 bits per heavy atom. The summed E-state index contributed by atoms with van der Waals surface area (Å²) in [6.07, 6.45) is 1.15. The minimum Gasteiger partial charge on any atom is -0.390 e. The third kappa shape index (κ3) is 4.00. The molecule has 4 aliphatic rings. The summed E-state index contributed by atoms with van der Waals surface area (Å²) in [5, 5.41) is 63.9. The van der Waals surface area contributed by atoms with Crippen LogP contribution in [0.4, 0.5) is 0 Å². The minimum absolute atomic E-state index is 0.0276. The Labute approximate surface area is 202 Å². The lowest BCUT2D eigenvalue weighted by atomic mass is 9.47. The van der Waals surface area contributed by atoms with Crippen LogP contribution in [0.5, 0.6) is 0 Å². The molecule has 7 heteroatoms. The number of carbonyl (C=O) groups excluding carboxylic acids is 1. The fraction of sp³-hybridized carbons (Fsp3) is 0.889. The molecule has 0 amide bonds. The topological polar surface area (TPSA) is 138 Å². The molecular weight excluding hydrogens is 436 g/mol. The third-order valence-electron chi connectivity index (χ3n) is 10.3. The van der Waals surface area contributed by atoms with Gasteiger partial charge in [0.2, 0.25) is 0 Å². The number of rotatable bonds is 5. The first-order chi connectivity index (χ1) is 15.5. The second-order valence-electron chi connectivity index (χ2n) is 13.2. The van der Waals surface area contributed by atoms with Crippen molar-refractivity contribution in [3.63, 3.8) is 0 Å². The van der Waals surface area contributed by atoms with E-state index in [4.69, 9.17) is 0 Å². The second kappa shape index (κ2) is 8.35. The number of carbonyl (C=O) groups is 1. The molecule has 11 atom stereocenters. The Bertz CT molecular complexity index is 844. The van der Waals surface area contributed by atoms with E-state index in [0.29, 0.717) is 19.3 Å². The van der Waals surface area contributed by atoms with Crippen LogP contribution in [0.3, 0.4) is 0 Å². The molecule has 0 aromatic heterocycles. The van der Waals surface area contributed by atoms with Crippen LogP contribution >= 0.6 is 0 Å². The van der Waals surface area contributed by atoms with Crippen LogP contribution in [0.2, 0.25) is 0 Å². The van der Waals surface area contributed by atoms with Crippen molar-refractivity contribution in [1.82, 2.24) is 0 Å². The summed E-state index contributed by atoms with van der Waals surface area (Å²) in [5.41, 5.74) is -2.38. The number of aliphatic hydroxyl groups is 6. The molecule has 194 valence electrons. The first-order valence-electron chi connectivity index (χ1n) is 12.9. The van der Waals surface area contributed by atoms with E-state index < -0.39 is 41.0 Å². The van der Waals surface area contributed by atoms with Crippen LogP contribution in [0.1, 0.15) is 79.6 Å². The molecule has 0 aromatic carbocycles. The van der Waals surface area contributed by atoms with Crippen molar-refractivity contribution >= 4 is 5.78 Å². The molecule has 6 N–H and O–H groups in total. The van der Waals surface area contributed by atoms with Gasteiger partial charge < -0.3 is 30.6 Å². The molecule has 0 heterocycles. The van der Waals surface area contributed by atoms with E-state index in [2.05, 4.69) is 13.8 Å². The summed E-state index contributed by atoms with van der Waals surface area (Å²) < 4.78 is 0. The van der Waals surface area contributed by atoms with Gasteiger partial charge in [-0.05, 0) is 94.0 Å². The highest BCUT2D eigenvalue weighted by Gasteiger charge is 2.63. The molecule has 3 saturated carbocycles. The fourth-order valence-corrected chi connectivity index (χ4v) is 8.57. The molecule has 3 fully saturated rings. The number of hydrogen-bond donors (Lipinski definition) is 6. The Balaban J connectivity index is 1.62. The zero-order valence-corrected chi connectivity index (χ0v) is 21.2. The lowest BCUT2D eigenvalue weighted by molar-refractivity contribution is -0.177. The summed E-state index contributed by atoms with van der Waals surface area (Å²) >= 11 is 0. The molecule has 34 heavy (non-hydrogen) atoms. The summed E-state index contributed by atoms with van der Waals surface area (Å²) in [7, 11) is 0. The van der Waals surface area contributed by atoms with Gasteiger partial charge >= 0.3 is 0 Å². The van der Waals surface area contributed by atoms with Crippen molar-refractivity contribution in [1.29, 1.82) is 0 Å². The van der Waals surface area contributed by atoms with E-state index in [1.54, 1.807) is 26.8 Å². The average Bonchev–Trinajstić information content (AvgIpc) is 3.06. The molecule has 0 saturated heterocycles. The Hall–Kier alpha value is -0.830. The summed E-state index contributed by atoms with van der Waals surface area (Å²) in [6.45, 7) is 8.94. The third-order valence-corrected chi connectivity index (χ3v) is 10.3. The van der Waals surface area contributed by atoms with Gasteiger partial charge in [0.15, 0.2) is 5.78 Å². The van der Waals surface area contributed by atoms with Crippen molar-refractivity contribution in [2.75, 3.05) is 0 Å². The predicted octanol–water partition coefficient (Wildman–Crippen LogP) is 1.71. The maximum atomic E-state index is 13.2. The smallest absolute Gasteiger partial charge is 0.159 e. The largest absolute Gasteiger partial charge is 0.390 e. The van der Waals surface area contributed by atoms with E-state index >= 15 is 0 Å². The lowest BCUT2D eigenvalue weighted by Gasteiger charge is -2.58. The van der Waals surface area contributed by atoms with Gasteiger partial charge in [-0.25, -0.2) is 0 Å². The molecule has 4 aliphatic carbocycles. The standard InChI is InChI=1S/C27H44O7/c1-24(2,33)12-21(31)23(32)27(5,34)22-7-6-15-14-10-18(28)17-11-19(29)20(30)13-26(17,4)16(14)8-9-25(15,22)3/h10,15-17,19-23,29-34H,6-9,11-13H2,1-5H3. The van der Waals surface area contributed by atoms with Crippen LogP contribution in [0, 0.1) is 34.5 Å². The highest BCUT2D eigenvalue weighted by molar-refractivity contribution is 5.94. The van der Waals surface area contributed by atoms with Crippen molar-refractivity contribution in [2.45, 2.75) is 115 Å². The summed E-state index contributed by atoms with van der Waals surface area (Å²) in [6, 6.07) is 0. The first-order valence-corrected chi connectivity index (χ1v) is 12.9. The fourth-order valence-electron chi connectivity index (χ4n) is 8.57. The number of allylic oxidation sites excluding steroid dienone is 2. The monoisotopic (exact) mass is 480 g/mol. The van der Waals surface area contributed by atoms with E-state index in [9.17, 15) is 35.4 Å². The number of hydrogen-bond acceptors (Lipinski definition) is 7. The molecule has 0 aliphatic heterocycles. The van der Waals surface area contributed by atoms with E-state index in [1.165, 1.54) is 0 Å². The Morgan fingerprint density at radius 1 is 0.971 bits per heavy atom. The van der Waals surface area contributed by atoms with Gasteiger partial charge in [0.05, 0.1) is 29.5 Å². The number of ketones is 1. The molecule has 0 radical (unpaired) electrons. The zero-order chi connectivity index (χ0) is 25.4. The van der Waals surface area contributed by atoms with Crippen LogP contribution < -0.4 is 0 Å². The number of fused-ring (bicyclic) bond motifs is 5. The van der Waals surface area contributed by atoms with Crippen molar-refractivity contribution in [2.24, 2.45) is 34.5 Å². The highest BCUT2D eigenvalue weighted by atomic mass is 16.4. The second-order valence-corrected chi connectivity index (χ2v) is 13.2. The van der Waals surface area contributed by atoms with E-state index in [-0.39, 0.29) is 41.3 Å². The van der Waals surface area contributed by atoms with E-state index in [0.717, 1.165) is 24.8 Å². The van der Waals surface area contributed by atoms with Crippen LogP contribution in [-0.2, 0) is 4.79 Å². The maximum Gasteiger partial charge on any atom is 0.159 e. The molecular formula is C27H44O7. The molecule has 0 aromatic rings. The minimum atomic E-state index is -1.56. The molecule has 7 nitrogen and oxygen atoms in total. The maximum absolute atomic E-state index is 13.2. The average molecular weight is 481 g/mol. The molecule has 0 bridgehead atoms. The van der Waals surface area contributed by atoms with Crippen LogP contribution in [0.25, 0.3) is 0 Å². The highest BCUT2D eigenvalue weighted by Crippen LogP contribution is 2.67. The van der Waals surface area contributed by atoms with Gasteiger partial charge in [-0.15, -0.1) is 0 Å². The van der Waals surface area contributed by atoms with Gasteiger partial charge in [0.1, 0.15) is 6.10 Å². The lowest BCUT2D eigenvalue weighted by Crippen LogP contribution is -2.59. The summed E-state index contributed by atoms with van der Waals surface area (Å²) in [5.74, 6) is -0.322. The van der Waals surface area contributed by atoms with E-state index in [1.807, 2.05) is 0 Å². The normalized spacial score (nSPS) is 46.0. The van der Waals surface area contributed by atoms with Crippen molar-refractivity contribution in [3.8, 4) is 0 Å². The predicted molar refractivity (Wildman–Crippen MR) is 127 cm³/mol.